The molecular weight excluding hydrogens is 314 g/mol. The minimum Gasteiger partial charge on any atom is -0.403 e. The average Bonchev–Trinajstić information content (AvgIpc) is 2.40. The van der Waals surface area contributed by atoms with Crippen molar-refractivity contribution >= 4 is 12.4 Å². The zero-order valence-corrected chi connectivity index (χ0v) is 11.2. The van der Waals surface area contributed by atoms with Gasteiger partial charge in [-0.15, -0.1) is 25.6 Å². The molecule has 21 heavy (non-hydrogen) atoms. The smallest absolute Gasteiger partial charge is 0.403 e. The van der Waals surface area contributed by atoms with Crippen LogP contribution in [0.4, 0.5) is 17.6 Å². The van der Waals surface area contributed by atoms with Gasteiger partial charge in [0.25, 0.3) is 0 Å². The van der Waals surface area contributed by atoms with Crippen LogP contribution in [0, 0.1) is 5.82 Å². The molecule has 0 fully saturated rings. The van der Waals surface area contributed by atoms with E-state index in [9.17, 15) is 17.6 Å². The Labute approximate surface area is 123 Å². The SMILES string of the molecule is Cl.NCc1cc(-c2ccc(OC(F)(F)F)c(F)c2)ncn1. The molecule has 1 aromatic heterocycles. The van der Waals surface area contributed by atoms with E-state index < -0.39 is 17.9 Å². The summed E-state index contributed by atoms with van der Waals surface area (Å²) >= 11 is 0. The fourth-order valence-electron chi connectivity index (χ4n) is 1.53. The number of hydrogen-bond donors (Lipinski definition) is 1. The fraction of sp³-hybridized carbons (Fsp3) is 0.167. The van der Waals surface area contributed by atoms with Crippen molar-refractivity contribution in [1.82, 2.24) is 9.97 Å². The van der Waals surface area contributed by atoms with Gasteiger partial charge in [0, 0.05) is 12.1 Å². The first kappa shape index (κ1) is 17.1. The van der Waals surface area contributed by atoms with E-state index in [1.807, 2.05) is 0 Å². The van der Waals surface area contributed by atoms with Crippen molar-refractivity contribution in [3.8, 4) is 17.0 Å². The van der Waals surface area contributed by atoms with Gasteiger partial charge < -0.3 is 10.5 Å². The van der Waals surface area contributed by atoms with Crippen molar-refractivity contribution in [3.63, 3.8) is 0 Å². The Bertz CT molecular complexity index is 622. The van der Waals surface area contributed by atoms with Gasteiger partial charge in [-0.1, -0.05) is 0 Å². The zero-order valence-electron chi connectivity index (χ0n) is 10.4. The standard InChI is InChI=1S/C12H9F4N3O.ClH/c13-9-3-7(1-2-11(9)20-12(14,15)16)10-4-8(5-17)18-6-19-10;/h1-4,6H,5,17H2;1H. The molecule has 0 aliphatic heterocycles. The molecule has 114 valence electrons. The average molecular weight is 324 g/mol. The molecule has 0 saturated heterocycles. The van der Waals surface area contributed by atoms with E-state index in [4.69, 9.17) is 5.73 Å². The molecule has 2 N–H and O–H groups in total. The Morgan fingerprint density at radius 1 is 1.14 bits per heavy atom. The topological polar surface area (TPSA) is 61.0 Å². The van der Waals surface area contributed by atoms with Crippen molar-refractivity contribution in [1.29, 1.82) is 0 Å². The number of alkyl halides is 3. The molecular formula is C12H10ClF4N3O. The Morgan fingerprint density at radius 3 is 2.43 bits per heavy atom. The van der Waals surface area contributed by atoms with Gasteiger partial charge >= 0.3 is 6.36 Å². The van der Waals surface area contributed by atoms with Crippen molar-refractivity contribution in [2.45, 2.75) is 12.9 Å². The molecule has 2 rings (SSSR count). The maximum atomic E-state index is 13.6. The lowest BCUT2D eigenvalue weighted by atomic mass is 10.1. The van der Waals surface area contributed by atoms with Crippen molar-refractivity contribution in [3.05, 3.63) is 42.1 Å². The van der Waals surface area contributed by atoms with E-state index in [0.29, 0.717) is 17.0 Å². The molecule has 0 spiro atoms. The predicted molar refractivity (Wildman–Crippen MR) is 69.2 cm³/mol. The molecule has 2 aromatic rings. The molecule has 0 unspecified atom stereocenters. The highest BCUT2D eigenvalue weighted by atomic mass is 35.5. The number of aromatic nitrogens is 2. The highest BCUT2D eigenvalue weighted by Crippen LogP contribution is 2.28. The highest BCUT2D eigenvalue weighted by Gasteiger charge is 2.32. The number of rotatable bonds is 3. The third kappa shape index (κ3) is 4.54. The fourth-order valence-corrected chi connectivity index (χ4v) is 1.53. The molecule has 4 nitrogen and oxygen atoms in total. The minimum atomic E-state index is -4.94. The van der Waals surface area contributed by atoms with Crippen LogP contribution in [0.5, 0.6) is 5.75 Å². The number of nitrogens with zero attached hydrogens (tertiary/aromatic N) is 2. The molecule has 9 heteroatoms. The van der Waals surface area contributed by atoms with Gasteiger partial charge in [-0.05, 0) is 24.3 Å². The normalized spacial score (nSPS) is 10.9. The second-order valence-electron chi connectivity index (χ2n) is 3.79. The van der Waals surface area contributed by atoms with Crippen LogP contribution in [-0.2, 0) is 6.54 Å². The molecule has 0 aliphatic carbocycles. The number of nitrogens with two attached hydrogens (primary N) is 1. The Hall–Kier alpha value is -1.93. The van der Waals surface area contributed by atoms with Crippen molar-refractivity contribution in [2.75, 3.05) is 0 Å². The van der Waals surface area contributed by atoms with Crippen molar-refractivity contribution < 1.29 is 22.3 Å². The lowest BCUT2D eigenvalue weighted by Gasteiger charge is -2.10. The first-order valence-electron chi connectivity index (χ1n) is 5.45. The molecule has 0 bridgehead atoms. The summed E-state index contributed by atoms with van der Waals surface area (Å²) in [6.45, 7) is 0.174. The van der Waals surface area contributed by atoms with Crippen LogP contribution in [0.25, 0.3) is 11.3 Å². The van der Waals surface area contributed by atoms with Gasteiger partial charge in [-0.2, -0.15) is 0 Å². The molecule has 0 aliphatic rings. The molecule has 0 amide bonds. The summed E-state index contributed by atoms with van der Waals surface area (Å²) in [5.41, 5.74) is 6.60. The second kappa shape index (κ2) is 6.68. The van der Waals surface area contributed by atoms with Gasteiger partial charge in [-0.3, -0.25) is 0 Å². The number of hydrogen-bond acceptors (Lipinski definition) is 4. The summed E-state index contributed by atoms with van der Waals surface area (Å²) in [7, 11) is 0. The van der Waals surface area contributed by atoms with Gasteiger partial charge in [0.05, 0.1) is 11.4 Å². The molecule has 0 radical (unpaired) electrons. The maximum Gasteiger partial charge on any atom is 0.573 e. The molecule has 0 saturated carbocycles. The van der Waals surface area contributed by atoms with Gasteiger partial charge in [0.1, 0.15) is 6.33 Å². The summed E-state index contributed by atoms with van der Waals surface area (Å²) in [6, 6.07) is 4.60. The number of ether oxygens (including phenoxy) is 1. The van der Waals surface area contributed by atoms with E-state index in [1.165, 1.54) is 18.5 Å². The third-order valence-corrected chi connectivity index (χ3v) is 2.39. The van der Waals surface area contributed by atoms with Crippen LogP contribution >= 0.6 is 12.4 Å². The second-order valence-corrected chi connectivity index (χ2v) is 3.79. The van der Waals surface area contributed by atoms with Crippen LogP contribution in [-0.4, -0.2) is 16.3 Å². The van der Waals surface area contributed by atoms with Crippen molar-refractivity contribution in [2.24, 2.45) is 5.73 Å². The number of halogens is 5. The van der Waals surface area contributed by atoms with E-state index >= 15 is 0 Å². The van der Waals surface area contributed by atoms with Crippen LogP contribution in [0.3, 0.4) is 0 Å². The highest BCUT2D eigenvalue weighted by molar-refractivity contribution is 5.85. The first-order chi connectivity index (χ1) is 9.39. The third-order valence-electron chi connectivity index (χ3n) is 2.39. The summed E-state index contributed by atoms with van der Waals surface area (Å²) in [5, 5.41) is 0. The lowest BCUT2D eigenvalue weighted by Crippen LogP contribution is -2.17. The monoisotopic (exact) mass is 323 g/mol. The van der Waals surface area contributed by atoms with Crippen LogP contribution in [0.1, 0.15) is 5.69 Å². The Morgan fingerprint density at radius 2 is 1.86 bits per heavy atom. The molecule has 0 atom stereocenters. The number of benzene rings is 1. The quantitative estimate of drug-likeness (QED) is 0.882. The summed E-state index contributed by atoms with van der Waals surface area (Å²) in [4.78, 5) is 7.78. The Balaban J connectivity index is 0.00000220. The predicted octanol–water partition coefficient (Wildman–Crippen LogP) is 3.06. The van der Waals surface area contributed by atoms with Gasteiger partial charge in [0.15, 0.2) is 11.6 Å². The largest absolute Gasteiger partial charge is 0.573 e. The van der Waals surface area contributed by atoms with Gasteiger partial charge in [0.2, 0.25) is 0 Å². The van der Waals surface area contributed by atoms with E-state index in [1.54, 1.807) is 0 Å². The van der Waals surface area contributed by atoms with E-state index in [0.717, 1.165) is 12.1 Å². The van der Waals surface area contributed by atoms with Gasteiger partial charge in [-0.25, -0.2) is 14.4 Å². The molecule has 1 heterocycles. The maximum absolute atomic E-state index is 13.6. The van der Waals surface area contributed by atoms with E-state index in [2.05, 4.69) is 14.7 Å². The summed E-state index contributed by atoms with van der Waals surface area (Å²) in [5.74, 6) is -2.03. The first-order valence-corrected chi connectivity index (χ1v) is 5.45. The zero-order chi connectivity index (χ0) is 14.8. The Kier molecular flexibility index (Phi) is 5.45. The van der Waals surface area contributed by atoms with E-state index in [-0.39, 0.29) is 19.0 Å². The lowest BCUT2D eigenvalue weighted by molar-refractivity contribution is -0.275. The van der Waals surface area contributed by atoms with Crippen LogP contribution in [0.15, 0.2) is 30.6 Å². The summed E-state index contributed by atoms with van der Waals surface area (Å²) in [6.07, 6.45) is -3.69. The van der Waals surface area contributed by atoms with Crippen LogP contribution in [0.2, 0.25) is 0 Å². The van der Waals surface area contributed by atoms with Crippen LogP contribution < -0.4 is 10.5 Å². The summed E-state index contributed by atoms with van der Waals surface area (Å²) < 4.78 is 53.2. The molecule has 1 aromatic carbocycles. The minimum absolute atomic E-state index is 0.